The molecule has 0 N–H and O–H groups in total. The van der Waals surface area contributed by atoms with Crippen molar-refractivity contribution in [3.8, 4) is 5.75 Å². The van der Waals surface area contributed by atoms with E-state index in [9.17, 15) is 4.79 Å². The second kappa shape index (κ2) is 10.2. The molecule has 0 saturated carbocycles. The molecule has 1 unspecified atom stereocenters. The van der Waals surface area contributed by atoms with Gasteiger partial charge in [0.15, 0.2) is 5.17 Å². The van der Waals surface area contributed by atoms with Crippen LogP contribution in [0, 0.1) is 0 Å². The van der Waals surface area contributed by atoms with Crippen molar-refractivity contribution in [1.29, 1.82) is 0 Å². The summed E-state index contributed by atoms with van der Waals surface area (Å²) in [6, 6.07) is 15.1. The Bertz CT molecular complexity index is 874. The molecular weight excluding hydrogens is 429 g/mol. The van der Waals surface area contributed by atoms with Crippen LogP contribution in [0.25, 0.3) is 0 Å². The number of benzene rings is 2. The highest BCUT2D eigenvalue weighted by Gasteiger charge is 2.34. The van der Waals surface area contributed by atoms with Crippen LogP contribution in [0.1, 0.15) is 20.8 Å². The largest absolute Gasteiger partial charge is 0.491 e. The van der Waals surface area contributed by atoms with Crippen molar-refractivity contribution in [3.63, 3.8) is 0 Å². The molecule has 3 rings (SSSR count). The van der Waals surface area contributed by atoms with Gasteiger partial charge in [-0.3, -0.25) is 9.69 Å². The number of carbonyl (C=O) groups excluding carboxylic acids is 1. The van der Waals surface area contributed by atoms with Crippen LogP contribution in [0.15, 0.2) is 53.5 Å². The number of halogens is 2. The van der Waals surface area contributed by atoms with Crippen LogP contribution >= 0.6 is 35.8 Å². The third-order valence-corrected chi connectivity index (χ3v) is 5.62. The Labute approximate surface area is 187 Å². The lowest BCUT2D eigenvalue weighted by Gasteiger charge is -2.32. The lowest BCUT2D eigenvalue weighted by Crippen LogP contribution is -2.48. The van der Waals surface area contributed by atoms with Gasteiger partial charge in [-0.15, -0.1) is 12.4 Å². The summed E-state index contributed by atoms with van der Waals surface area (Å²) in [4.78, 5) is 21.0. The average Bonchev–Trinajstić information content (AvgIpc) is 2.97. The fourth-order valence-corrected chi connectivity index (χ4v) is 4.32. The number of carbonyl (C=O) groups is 1. The Hall–Kier alpha value is -1.89. The second-order valence-electron chi connectivity index (χ2n) is 6.83. The normalized spacial score (nSPS) is 17.4. The molecule has 1 amide bonds. The third-order valence-electron chi connectivity index (χ3n) is 4.27. The minimum Gasteiger partial charge on any atom is -0.491 e. The van der Waals surface area contributed by atoms with E-state index >= 15 is 0 Å². The molecule has 1 fully saturated rings. The summed E-state index contributed by atoms with van der Waals surface area (Å²) in [5, 5.41) is 1.51. The molecular formula is C21H25Cl2N3O2S. The molecule has 0 bridgehead atoms. The maximum absolute atomic E-state index is 12.4. The molecule has 1 heterocycles. The van der Waals surface area contributed by atoms with E-state index in [-0.39, 0.29) is 30.6 Å². The number of hydrogen-bond donors (Lipinski definition) is 0. The van der Waals surface area contributed by atoms with Crippen LogP contribution in [0.2, 0.25) is 5.02 Å². The molecule has 2 aromatic carbocycles. The SMILES string of the molecule is CC(=O)N(c1ccc(Cl)cc1)C1CSC(=Nc2cccc(OC(C)C)c2)N1C.Cl. The highest BCUT2D eigenvalue weighted by atomic mass is 35.5. The van der Waals surface area contributed by atoms with E-state index in [0.717, 1.165) is 28.0 Å². The number of thioether (sulfide) groups is 1. The molecule has 0 radical (unpaired) electrons. The first-order valence-corrected chi connectivity index (χ1v) is 10.5. The molecule has 0 spiro atoms. The molecule has 5 nitrogen and oxygen atoms in total. The summed E-state index contributed by atoms with van der Waals surface area (Å²) < 4.78 is 5.75. The molecule has 8 heteroatoms. The maximum atomic E-state index is 12.4. The number of amides is 1. The van der Waals surface area contributed by atoms with Gasteiger partial charge in [-0.2, -0.15) is 0 Å². The molecule has 1 saturated heterocycles. The van der Waals surface area contributed by atoms with Gasteiger partial charge in [0, 0.05) is 36.5 Å². The highest BCUT2D eigenvalue weighted by Crippen LogP contribution is 2.32. The summed E-state index contributed by atoms with van der Waals surface area (Å²) in [7, 11) is 1.96. The Balaban J connectivity index is 0.00000300. The van der Waals surface area contributed by atoms with E-state index in [1.54, 1.807) is 35.7 Å². The Kier molecular flexibility index (Phi) is 8.25. The minimum atomic E-state index is -0.113. The zero-order valence-corrected chi connectivity index (χ0v) is 19.2. The van der Waals surface area contributed by atoms with Crippen LogP contribution in [-0.2, 0) is 4.79 Å². The van der Waals surface area contributed by atoms with Crippen LogP contribution in [0.3, 0.4) is 0 Å². The van der Waals surface area contributed by atoms with Gasteiger partial charge in [0.1, 0.15) is 11.9 Å². The van der Waals surface area contributed by atoms with Gasteiger partial charge in [0.05, 0.1) is 11.8 Å². The average molecular weight is 454 g/mol. The second-order valence-corrected chi connectivity index (χ2v) is 8.25. The van der Waals surface area contributed by atoms with E-state index in [1.165, 1.54) is 0 Å². The number of rotatable bonds is 5. The van der Waals surface area contributed by atoms with Crippen LogP contribution in [0.4, 0.5) is 11.4 Å². The van der Waals surface area contributed by atoms with Crippen molar-refractivity contribution < 1.29 is 9.53 Å². The number of aliphatic imine (C=N–C) groups is 1. The van der Waals surface area contributed by atoms with E-state index in [4.69, 9.17) is 21.3 Å². The lowest BCUT2D eigenvalue weighted by molar-refractivity contribution is -0.117. The Morgan fingerprint density at radius 2 is 1.97 bits per heavy atom. The highest BCUT2D eigenvalue weighted by molar-refractivity contribution is 8.14. The van der Waals surface area contributed by atoms with Gasteiger partial charge < -0.3 is 9.64 Å². The maximum Gasteiger partial charge on any atom is 0.225 e. The molecule has 1 atom stereocenters. The van der Waals surface area contributed by atoms with Gasteiger partial charge in [0.2, 0.25) is 5.91 Å². The molecule has 0 aliphatic carbocycles. The van der Waals surface area contributed by atoms with E-state index < -0.39 is 0 Å². The van der Waals surface area contributed by atoms with E-state index in [2.05, 4.69) is 0 Å². The predicted octanol–water partition coefficient (Wildman–Crippen LogP) is 5.59. The summed E-state index contributed by atoms with van der Waals surface area (Å²) in [6.45, 7) is 5.57. The number of ether oxygens (including phenoxy) is 1. The number of anilines is 1. The first-order valence-electron chi connectivity index (χ1n) is 9.11. The minimum absolute atomic E-state index is 0. The summed E-state index contributed by atoms with van der Waals surface area (Å²) in [6.07, 6.45) is -0.00293. The monoisotopic (exact) mass is 453 g/mol. The first-order chi connectivity index (χ1) is 13.3. The zero-order chi connectivity index (χ0) is 20.3. The summed E-state index contributed by atoms with van der Waals surface area (Å²) in [5.41, 5.74) is 1.65. The van der Waals surface area contributed by atoms with Crippen LogP contribution in [-0.4, -0.2) is 41.0 Å². The number of hydrogen-bond acceptors (Lipinski definition) is 4. The number of nitrogens with zero attached hydrogens (tertiary/aromatic N) is 3. The topological polar surface area (TPSA) is 45.1 Å². The smallest absolute Gasteiger partial charge is 0.225 e. The van der Waals surface area contributed by atoms with Crippen LogP contribution in [0.5, 0.6) is 5.75 Å². The predicted molar refractivity (Wildman–Crippen MR) is 125 cm³/mol. The van der Waals surface area contributed by atoms with Crippen molar-refractivity contribution in [3.05, 3.63) is 53.6 Å². The summed E-state index contributed by atoms with van der Waals surface area (Å²) in [5.74, 6) is 1.51. The molecule has 29 heavy (non-hydrogen) atoms. The number of amidine groups is 1. The Morgan fingerprint density at radius 1 is 1.28 bits per heavy atom. The summed E-state index contributed by atoms with van der Waals surface area (Å²) >= 11 is 7.63. The van der Waals surface area contributed by atoms with Gasteiger partial charge in [0.25, 0.3) is 0 Å². The van der Waals surface area contributed by atoms with Crippen molar-refractivity contribution >= 4 is 58.2 Å². The third kappa shape index (κ3) is 5.81. The molecule has 1 aliphatic rings. The fourth-order valence-electron chi connectivity index (χ4n) is 3.02. The van der Waals surface area contributed by atoms with Gasteiger partial charge >= 0.3 is 0 Å². The molecule has 2 aromatic rings. The van der Waals surface area contributed by atoms with Gasteiger partial charge in [-0.25, -0.2) is 4.99 Å². The van der Waals surface area contributed by atoms with E-state index in [1.807, 2.05) is 62.2 Å². The van der Waals surface area contributed by atoms with E-state index in [0.29, 0.717) is 5.02 Å². The van der Waals surface area contributed by atoms with Gasteiger partial charge in [-0.1, -0.05) is 29.4 Å². The quantitative estimate of drug-likeness (QED) is 0.591. The zero-order valence-electron chi connectivity index (χ0n) is 16.8. The van der Waals surface area contributed by atoms with Crippen molar-refractivity contribution in [2.24, 2.45) is 4.99 Å². The first kappa shape index (κ1) is 23.4. The van der Waals surface area contributed by atoms with Crippen molar-refractivity contribution in [2.45, 2.75) is 33.0 Å². The standard InChI is InChI=1S/C21H24ClN3O2S.ClH/c1-14(2)27-19-7-5-6-17(12-19)23-21-24(4)20(13-28-21)25(15(3)26)18-10-8-16(22)9-11-18;/h5-12,14,20H,13H2,1-4H3;1H. The Morgan fingerprint density at radius 3 is 2.59 bits per heavy atom. The van der Waals surface area contributed by atoms with Crippen LogP contribution < -0.4 is 9.64 Å². The lowest BCUT2D eigenvalue weighted by atomic mass is 10.2. The van der Waals surface area contributed by atoms with Crippen molar-refractivity contribution in [1.82, 2.24) is 4.90 Å². The molecule has 1 aliphatic heterocycles. The van der Waals surface area contributed by atoms with Gasteiger partial charge in [-0.05, 0) is 50.2 Å². The fraction of sp³-hybridized carbons (Fsp3) is 0.333. The molecule has 0 aromatic heterocycles. The molecule has 156 valence electrons. The van der Waals surface area contributed by atoms with Crippen molar-refractivity contribution in [2.75, 3.05) is 17.7 Å².